The van der Waals surface area contributed by atoms with Gasteiger partial charge in [-0.25, -0.2) is 4.79 Å². The van der Waals surface area contributed by atoms with Crippen LogP contribution in [0.2, 0.25) is 0 Å². The molecule has 4 nitrogen and oxygen atoms in total. The smallest absolute Gasteiger partial charge is 0.317 e. The van der Waals surface area contributed by atoms with E-state index in [1.54, 1.807) is 7.05 Å². The van der Waals surface area contributed by atoms with Crippen LogP contribution in [0.25, 0.3) is 0 Å². The predicted molar refractivity (Wildman–Crippen MR) is 42.4 cm³/mol. The Morgan fingerprint density at radius 1 is 1.64 bits per heavy atom. The van der Waals surface area contributed by atoms with Crippen LogP contribution in [0.4, 0.5) is 4.79 Å². The molecule has 2 amide bonds. The van der Waals surface area contributed by atoms with Gasteiger partial charge in [0.15, 0.2) is 0 Å². The molecule has 4 heteroatoms. The zero-order valence-electron chi connectivity index (χ0n) is 7.13. The number of hydrogen-bond acceptors (Lipinski definition) is 2. The van der Waals surface area contributed by atoms with Gasteiger partial charge in [-0.05, 0) is 13.8 Å². The van der Waals surface area contributed by atoms with Gasteiger partial charge in [-0.3, -0.25) is 0 Å². The third-order valence-corrected chi connectivity index (χ3v) is 1.43. The van der Waals surface area contributed by atoms with Crippen LogP contribution in [-0.4, -0.2) is 36.9 Å². The lowest BCUT2D eigenvalue weighted by Crippen LogP contribution is -2.41. The summed E-state index contributed by atoms with van der Waals surface area (Å²) in [6.45, 7) is 3.89. The van der Waals surface area contributed by atoms with Crippen LogP contribution in [0.3, 0.4) is 0 Å². The number of nitrogens with one attached hydrogen (secondary N) is 1. The van der Waals surface area contributed by atoms with Crippen molar-refractivity contribution in [2.24, 2.45) is 0 Å². The molecule has 64 valence electrons. The van der Waals surface area contributed by atoms with Crippen molar-refractivity contribution < 1.29 is 9.59 Å². The highest BCUT2D eigenvalue weighted by molar-refractivity contribution is 5.76. The molecule has 0 saturated carbocycles. The second-order valence-corrected chi connectivity index (χ2v) is 2.56. The SMILES string of the molecule is CC(C)N(C)C(=O)NCC=O. The molecule has 0 rings (SSSR count). The number of carbonyl (C=O) groups is 2. The Labute approximate surface area is 66.6 Å². The van der Waals surface area contributed by atoms with Crippen molar-refractivity contribution >= 4 is 12.3 Å². The molecule has 0 heterocycles. The van der Waals surface area contributed by atoms with Gasteiger partial charge in [-0.15, -0.1) is 0 Å². The molecule has 11 heavy (non-hydrogen) atoms. The first-order valence-electron chi connectivity index (χ1n) is 3.54. The third kappa shape index (κ3) is 3.60. The van der Waals surface area contributed by atoms with E-state index < -0.39 is 0 Å². The van der Waals surface area contributed by atoms with Crippen molar-refractivity contribution in [2.75, 3.05) is 13.6 Å². The zero-order valence-corrected chi connectivity index (χ0v) is 7.13. The first-order chi connectivity index (χ1) is 5.09. The van der Waals surface area contributed by atoms with Crippen LogP contribution >= 0.6 is 0 Å². The van der Waals surface area contributed by atoms with Gasteiger partial charge in [0.2, 0.25) is 0 Å². The zero-order chi connectivity index (χ0) is 8.85. The topological polar surface area (TPSA) is 49.4 Å². The number of aldehydes is 1. The Morgan fingerprint density at radius 3 is 2.55 bits per heavy atom. The lowest BCUT2D eigenvalue weighted by Gasteiger charge is -2.20. The Kier molecular flexibility index (Phi) is 4.26. The van der Waals surface area contributed by atoms with E-state index in [2.05, 4.69) is 5.32 Å². The van der Waals surface area contributed by atoms with Gasteiger partial charge in [0.1, 0.15) is 6.29 Å². The fourth-order valence-corrected chi connectivity index (χ4v) is 0.488. The summed E-state index contributed by atoms with van der Waals surface area (Å²) < 4.78 is 0. The molecule has 0 atom stereocenters. The Balaban J connectivity index is 3.73. The summed E-state index contributed by atoms with van der Waals surface area (Å²) in [5, 5.41) is 2.43. The van der Waals surface area contributed by atoms with Gasteiger partial charge in [0, 0.05) is 13.1 Å². The van der Waals surface area contributed by atoms with Gasteiger partial charge < -0.3 is 15.0 Å². The van der Waals surface area contributed by atoms with Crippen molar-refractivity contribution in [3.05, 3.63) is 0 Å². The second-order valence-electron chi connectivity index (χ2n) is 2.56. The largest absolute Gasteiger partial charge is 0.331 e. The van der Waals surface area contributed by atoms with Gasteiger partial charge in [0.25, 0.3) is 0 Å². The number of urea groups is 1. The fourth-order valence-electron chi connectivity index (χ4n) is 0.488. The quantitative estimate of drug-likeness (QED) is 0.598. The number of amides is 2. The van der Waals surface area contributed by atoms with Crippen LogP contribution in [-0.2, 0) is 4.79 Å². The predicted octanol–water partition coefficient (Wildman–Crippen LogP) is 0.235. The van der Waals surface area contributed by atoms with E-state index in [0.717, 1.165) is 0 Å². The summed E-state index contributed by atoms with van der Waals surface area (Å²) in [6.07, 6.45) is 0.659. The molecule has 0 aromatic heterocycles. The molecule has 0 aliphatic carbocycles. The standard InChI is InChI=1S/C7H14N2O2/c1-6(2)9(3)7(11)8-4-5-10/h5-6H,4H2,1-3H3,(H,8,11). The molecule has 0 aromatic carbocycles. The number of carbonyl (C=O) groups excluding carboxylic acids is 2. The average molecular weight is 158 g/mol. The van der Waals surface area contributed by atoms with Crippen molar-refractivity contribution in [3.8, 4) is 0 Å². The van der Waals surface area contributed by atoms with Crippen molar-refractivity contribution in [3.63, 3.8) is 0 Å². The maximum atomic E-state index is 11.0. The highest BCUT2D eigenvalue weighted by atomic mass is 16.2. The van der Waals surface area contributed by atoms with E-state index in [-0.39, 0.29) is 18.6 Å². The number of rotatable bonds is 3. The number of nitrogens with zero attached hydrogens (tertiary/aromatic N) is 1. The van der Waals surface area contributed by atoms with Crippen LogP contribution in [0.5, 0.6) is 0 Å². The number of hydrogen-bond donors (Lipinski definition) is 1. The van der Waals surface area contributed by atoms with Gasteiger partial charge >= 0.3 is 6.03 Å². The maximum absolute atomic E-state index is 11.0. The summed E-state index contributed by atoms with van der Waals surface area (Å²) in [5.41, 5.74) is 0. The first-order valence-corrected chi connectivity index (χ1v) is 3.54. The molecule has 0 unspecified atom stereocenters. The minimum absolute atomic E-state index is 0.0793. The lowest BCUT2D eigenvalue weighted by molar-refractivity contribution is -0.107. The molecule has 0 aliphatic heterocycles. The summed E-state index contributed by atoms with van der Waals surface area (Å²) >= 11 is 0. The molecule has 0 saturated heterocycles. The van der Waals surface area contributed by atoms with Crippen molar-refractivity contribution in [1.29, 1.82) is 0 Å². The van der Waals surface area contributed by atoms with E-state index in [0.29, 0.717) is 6.29 Å². The average Bonchev–Trinajstić information content (AvgIpc) is 1.98. The normalized spacial score (nSPS) is 9.45. The Morgan fingerprint density at radius 2 is 2.18 bits per heavy atom. The maximum Gasteiger partial charge on any atom is 0.317 e. The minimum atomic E-state index is -0.216. The second kappa shape index (κ2) is 4.71. The molecular weight excluding hydrogens is 144 g/mol. The monoisotopic (exact) mass is 158 g/mol. The molecule has 0 bridgehead atoms. The van der Waals surface area contributed by atoms with Crippen molar-refractivity contribution in [1.82, 2.24) is 10.2 Å². The van der Waals surface area contributed by atoms with E-state index in [1.165, 1.54) is 4.90 Å². The van der Waals surface area contributed by atoms with E-state index in [9.17, 15) is 9.59 Å². The Hall–Kier alpha value is -1.06. The van der Waals surface area contributed by atoms with E-state index in [4.69, 9.17) is 0 Å². The van der Waals surface area contributed by atoms with Crippen LogP contribution in [0, 0.1) is 0 Å². The highest BCUT2D eigenvalue weighted by Gasteiger charge is 2.09. The summed E-state index contributed by atoms with van der Waals surface area (Å²) in [5.74, 6) is 0. The molecule has 0 spiro atoms. The van der Waals surface area contributed by atoms with E-state index >= 15 is 0 Å². The third-order valence-electron chi connectivity index (χ3n) is 1.43. The molecule has 0 aliphatic rings. The summed E-state index contributed by atoms with van der Waals surface area (Å²) in [7, 11) is 1.69. The minimum Gasteiger partial charge on any atom is -0.331 e. The summed E-state index contributed by atoms with van der Waals surface area (Å²) in [6, 6.07) is -0.0613. The van der Waals surface area contributed by atoms with Crippen LogP contribution < -0.4 is 5.32 Å². The molecule has 0 aromatic rings. The van der Waals surface area contributed by atoms with Crippen molar-refractivity contribution in [2.45, 2.75) is 19.9 Å². The van der Waals surface area contributed by atoms with Crippen LogP contribution in [0.1, 0.15) is 13.8 Å². The van der Waals surface area contributed by atoms with Gasteiger partial charge in [-0.1, -0.05) is 0 Å². The van der Waals surface area contributed by atoms with Gasteiger partial charge in [0.05, 0.1) is 6.54 Å². The van der Waals surface area contributed by atoms with E-state index in [1.807, 2.05) is 13.8 Å². The summed E-state index contributed by atoms with van der Waals surface area (Å²) in [4.78, 5) is 22.4. The molecule has 0 radical (unpaired) electrons. The fraction of sp³-hybridized carbons (Fsp3) is 0.714. The first kappa shape index (κ1) is 9.94. The Bertz CT molecular complexity index is 145. The molecule has 0 fully saturated rings. The van der Waals surface area contributed by atoms with Crippen LogP contribution in [0.15, 0.2) is 0 Å². The van der Waals surface area contributed by atoms with Gasteiger partial charge in [-0.2, -0.15) is 0 Å². The lowest BCUT2D eigenvalue weighted by atomic mass is 10.4. The molecule has 1 N–H and O–H groups in total. The highest BCUT2D eigenvalue weighted by Crippen LogP contribution is 1.92. The molecular formula is C7H14N2O2.